The number of carbonyl (C=O) groups excluding carboxylic acids is 1. The number of rotatable bonds is 6. The van der Waals surface area contributed by atoms with E-state index in [4.69, 9.17) is 5.73 Å². The number of hydrogen-bond acceptors (Lipinski definition) is 2. The third kappa shape index (κ3) is 4.19. The first-order valence-corrected chi connectivity index (χ1v) is 6.23. The largest absolute Gasteiger partial charge is 0.352 e. The third-order valence-corrected chi connectivity index (χ3v) is 3.00. The lowest BCUT2D eigenvalue weighted by molar-refractivity contribution is -0.124. The minimum absolute atomic E-state index is 0.00575. The first kappa shape index (κ1) is 13.7. The van der Waals surface area contributed by atoms with Crippen molar-refractivity contribution in [3.05, 3.63) is 35.4 Å². The number of amides is 1. The fraction of sp³-hybridized carbons (Fsp3) is 0.500. The van der Waals surface area contributed by atoms with E-state index in [1.807, 2.05) is 19.1 Å². The normalized spacial score (nSPS) is 12.2. The van der Waals surface area contributed by atoms with Gasteiger partial charge >= 0.3 is 0 Å². The fourth-order valence-corrected chi connectivity index (χ4v) is 1.81. The minimum atomic E-state index is -0.00575. The topological polar surface area (TPSA) is 55.1 Å². The minimum Gasteiger partial charge on any atom is -0.352 e. The van der Waals surface area contributed by atoms with E-state index in [1.54, 1.807) is 0 Å². The molecule has 94 valence electrons. The van der Waals surface area contributed by atoms with E-state index in [9.17, 15) is 4.79 Å². The Balaban J connectivity index is 2.52. The van der Waals surface area contributed by atoms with Crippen LogP contribution in [0, 0.1) is 5.92 Å². The van der Waals surface area contributed by atoms with Crippen molar-refractivity contribution in [1.82, 2.24) is 5.32 Å². The second kappa shape index (κ2) is 7.07. The summed E-state index contributed by atoms with van der Waals surface area (Å²) in [4.78, 5) is 11.7. The molecule has 0 aliphatic rings. The molecule has 1 atom stereocenters. The molecule has 0 aromatic heterocycles. The van der Waals surface area contributed by atoms with Gasteiger partial charge < -0.3 is 11.1 Å². The van der Waals surface area contributed by atoms with Crippen molar-refractivity contribution >= 4 is 5.91 Å². The maximum Gasteiger partial charge on any atom is 0.223 e. The summed E-state index contributed by atoms with van der Waals surface area (Å²) in [7, 11) is 0. The molecular weight excluding hydrogens is 212 g/mol. The standard InChI is InChI=1S/C14H22N2O/c1-3-12-6-4-5-7-13(12)10-16-14(17)11(2)8-9-15/h4-7,11H,3,8-10,15H2,1-2H3,(H,16,17). The number of carbonyl (C=O) groups is 1. The third-order valence-electron chi connectivity index (χ3n) is 3.00. The van der Waals surface area contributed by atoms with E-state index in [-0.39, 0.29) is 11.8 Å². The molecule has 1 amide bonds. The number of benzene rings is 1. The highest BCUT2D eigenvalue weighted by Gasteiger charge is 2.11. The highest BCUT2D eigenvalue weighted by molar-refractivity contribution is 5.78. The van der Waals surface area contributed by atoms with Gasteiger partial charge in [0.2, 0.25) is 5.91 Å². The van der Waals surface area contributed by atoms with Gasteiger partial charge in [-0.3, -0.25) is 4.79 Å². The molecule has 3 heteroatoms. The molecular formula is C14H22N2O. The lowest BCUT2D eigenvalue weighted by Gasteiger charge is -2.13. The van der Waals surface area contributed by atoms with Crippen molar-refractivity contribution in [1.29, 1.82) is 0 Å². The average Bonchev–Trinajstić information content (AvgIpc) is 2.36. The Morgan fingerprint density at radius 3 is 2.59 bits per heavy atom. The lowest BCUT2D eigenvalue weighted by Crippen LogP contribution is -2.30. The zero-order chi connectivity index (χ0) is 12.7. The molecule has 1 aromatic rings. The Bertz CT molecular complexity index is 363. The molecule has 1 unspecified atom stereocenters. The highest BCUT2D eigenvalue weighted by atomic mass is 16.1. The van der Waals surface area contributed by atoms with E-state index in [0.29, 0.717) is 13.1 Å². The molecule has 0 aliphatic heterocycles. The monoisotopic (exact) mass is 234 g/mol. The van der Waals surface area contributed by atoms with Gasteiger partial charge in [0, 0.05) is 12.5 Å². The summed E-state index contributed by atoms with van der Waals surface area (Å²) in [5, 5.41) is 2.96. The predicted molar refractivity (Wildman–Crippen MR) is 70.5 cm³/mol. The van der Waals surface area contributed by atoms with Crippen molar-refractivity contribution in [2.45, 2.75) is 33.2 Å². The second-order valence-electron chi connectivity index (χ2n) is 4.32. The molecule has 3 nitrogen and oxygen atoms in total. The van der Waals surface area contributed by atoms with Crippen molar-refractivity contribution < 1.29 is 4.79 Å². The first-order chi connectivity index (χ1) is 8.19. The Kier molecular flexibility index (Phi) is 5.70. The maximum atomic E-state index is 11.7. The summed E-state index contributed by atoms with van der Waals surface area (Å²) in [6.07, 6.45) is 1.73. The SMILES string of the molecule is CCc1ccccc1CNC(=O)C(C)CCN. The van der Waals surface area contributed by atoms with Gasteiger partial charge in [-0.25, -0.2) is 0 Å². The predicted octanol–water partition coefficient (Wildman–Crippen LogP) is 1.85. The summed E-state index contributed by atoms with van der Waals surface area (Å²) in [6, 6.07) is 8.20. The number of hydrogen-bond donors (Lipinski definition) is 2. The number of nitrogens with one attached hydrogen (secondary N) is 1. The molecule has 1 rings (SSSR count). The van der Waals surface area contributed by atoms with Gasteiger partial charge in [-0.2, -0.15) is 0 Å². The Hall–Kier alpha value is -1.35. The Labute approximate surface area is 103 Å². The lowest BCUT2D eigenvalue weighted by atomic mass is 10.0. The Morgan fingerprint density at radius 1 is 1.35 bits per heavy atom. The van der Waals surface area contributed by atoms with Gasteiger partial charge in [-0.15, -0.1) is 0 Å². The van der Waals surface area contributed by atoms with Gasteiger partial charge in [-0.1, -0.05) is 38.1 Å². The summed E-state index contributed by atoms with van der Waals surface area (Å²) in [6.45, 7) is 5.20. The van der Waals surface area contributed by atoms with Crippen LogP contribution in [0.1, 0.15) is 31.4 Å². The molecule has 0 radical (unpaired) electrons. The fourth-order valence-electron chi connectivity index (χ4n) is 1.81. The van der Waals surface area contributed by atoms with Gasteiger partial charge in [0.25, 0.3) is 0 Å². The van der Waals surface area contributed by atoms with Crippen LogP contribution in [0.4, 0.5) is 0 Å². The number of nitrogens with two attached hydrogens (primary N) is 1. The second-order valence-corrected chi connectivity index (χ2v) is 4.32. The number of aryl methyl sites for hydroxylation is 1. The van der Waals surface area contributed by atoms with Crippen LogP contribution in [0.15, 0.2) is 24.3 Å². The van der Waals surface area contributed by atoms with Gasteiger partial charge in [0.1, 0.15) is 0 Å². The van der Waals surface area contributed by atoms with Crippen LogP contribution in [0.2, 0.25) is 0 Å². The summed E-state index contributed by atoms with van der Waals surface area (Å²) in [5.74, 6) is 0.0788. The summed E-state index contributed by atoms with van der Waals surface area (Å²) < 4.78 is 0. The van der Waals surface area contributed by atoms with E-state index in [2.05, 4.69) is 24.4 Å². The van der Waals surface area contributed by atoms with E-state index in [1.165, 1.54) is 11.1 Å². The molecule has 0 aliphatic carbocycles. The van der Waals surface area contributed by atoms with Crippen LogP contribution in [-0.2, 0) is 17.8 Å². The quantitative estimate of drug-likeness (QED) is 0.789. The smallest absolute Gasteiger partial charge is 0.223 e. The highest BCUT2D eigenvalue weighted by Crippen LogP contribution is 2.09. The van der Waals surface area contributed by atoms with Crippen molar-refractivity contribution in [2.24, 2.45) is 11.7 Å². The van der Waals surface area contributed by atoms with Crippen molar-refractivity contribution in [2.75, 3.05) is 6.54 Å². The molecule has 0 saturated carbocycles. The summed E-state index contributed by atoms with van der Waals surface area (Å²) in [5.41, 5.74) is 7.93. The van der Waals surface area contributed by atoms with Crippen LogP contribution in [0.5, 0.6) is 0 Å². The molecule has 0 spiro atoms. The zero-order valence-corrected chi connectivity index (χ0v) is 10.7. The van der Waals surface area contributed by atoms with Gasteiger partial charge in [-0.05, 0) is 30.5 Å². The van der Waals surface area contributed by atoms with Gasteiger partial charge in [0.15, 0.2) is 0 Å². The van der Waals surface area contributed by atoms with Crippen molar-refractivity contribution in [3.8, 4) is 0 Å². The van der Waals surface area contributed by atoms with Crippen molar-refractivity contribution in [3.63, 3.8) is 0 Å². The van der Waals surface area contributed by atoms with E-state index < -0.39 is 0 Å². The Morgan fingerprint density at radius 2 is 2.00 bits per heavy atom. The molecule has 0 fully saturated rings. The molecule has 3 N–H and O–H groups in total. The molecule has 0 heterocycles. The maximum absolute atomic E-state index is 11.7. The average molecular weight is 234 g/mol. The van der Waals surface area contributed by atoms with E-state index >= 15 is 0 Å². The molecule has 0 bridgehead atoms. The zero-order valence-electron chi connectivity index (χ0n) is 10.7. The van der Waals surface area contributed by atoms with Gasteiger partial charge in [0.05, 0.1) is 0 Å². The summed E-state index contributed by atoms with van der Waals surface area (Å²) >= 11 is 0. The molecule has 1 aromatic carbocycles. The molecule has 17 heavy (non-hydrogen) atoms. The molecule has 0 saturated heterocycles. The first-order valence-electron chi connectivity index (χ1n) is 6.23. The van der Waals surface area contributed by atoms with E-state index in [0.717, 1.165) is 12.8 Å². The van der Waals surface area contributed by atoms with Crippen LogP contribution < -0.4 is 11.1 Å². The van der Waals surface area contributed by atoms with Crippen LogP contribution >= 0.6 is 0 Å². The van der Waals surface area contributed by atoms with Crippen LogP contribution in [0.25, 0.3) is 0 Å². The van der Waals surface area contributed by atoms with Crippen LogP contribution in [-0.4, -0.2) is 12.5 Å². The van der Waals surface area contributed by atoms with Crippen LogP contribution in [0.3, 0.4) is 0 Å².